The van der Waals surface area contributed by atoms with Gasteiger partial charge in [0.1, 0.15) is 0 Å². The molecule has 2 heterocycles. The Morgan fingerprint density at radius 3 is 2.68 bits per heavy atom. The minimum absolute atomic E-state index is 0.120. The van der Waals surface area contributed by atoms with Crippen LogP contribution >= 0.6 is 0 Å². The molecular weight excluding hydrogens is 250 g/mol. The monoisotopic (exact) mass is 269 g/mol. The van der Waals surface area contributed by atoms with E-state index in [1.807, 2.05) is 6.92 Å². The summed E-state index contributed by atoms with van der Waals surface area (Å²) in [5.74, 6) is 1.000. The molecule has 1 amide bonds. The summed E-state index contributed by atoms with van der Waals surface area (Å²) in [6.45, 7) is 2.40. The Bertz CT molecular complexity index is 424. The van der Waals surface area contributed by atoms with E-state index < -0.39 is 12.2 Å². The van der Waals surface area contributed by atoms with Gasteiger partial charge in [0, 0.05) is 32.4 Å². The number of aromatic nitrogens is 2. The molecule has 0 saturated carbocycles. The summed E-state index contributed by atoms with van der Waals surface area (Å²) in [7, 11) is 0. The highest BCUT2D eigenvalue weighted by atomic mass is 16.5. The van der Waals surface area contributed by atoms with E-state index in [-0.39, 0.29) is 25.4 Å². The van der Waals surface area contributed by atoms with Crippen LogP contribution in [0.3, 0.4) is 0 Å². The zero-order valence-corrected chi connectivity index (χ0v) is 10.9. The van der Waals surface area contributed by atoms with Crippen molar-refractivity contribution in [2.24, 2.45) is 0 Å². The quantitative estimate of drug-likeness (QED) is 0.749. The average molecular weight is 269 g/mol. The number of β-amino-alcohol motifs (C(OH)–C–C–N with tert-alkyl or cyclic N) is 2. The van der Waals surface area contributed by atoms with Crippen LogP contribution in [0.25, 0.3) is 0 Å². The van der Waals surface area contributed by atoms with Crippen LogP contribution in [-0.2, 0) is 17.6 Å². The first-order chi connectivity index (χ1) is 9.10. The minimum Gasteiger partial charge on any atom is -0.388 e. The van der Waals surface area contributed by atoms with Crippen LogP contribution in [0.4, 0.5) is 0 Å². The first-order valence-corrected chi connectivity index (χ1v) is 6.55. The summed E-state index contributed by atoms with van der Waals surface area (Å²) < 4.78 is 5.04. The summed E-state index contributed by atoms with van der Waals surface area (Å²) in [5.41, 5.74) is 0. The van der Waals surface area contributed by atoms with Crippen LogP contribution in [0.15, 0.2) is 4.52 Å². The molecule has 1 fully saturated rings. The van der Waals surface area contributed by atoms with Crippen LogP contribution in [-0.4, -0.2) is 56.5 Å². The predicted molar refractivity (Wildman–Crippen MR) is 65.2 cm³/mol. The molecule has 0 spiro atoms. The highest BCUT2D eigenvalue weighted by Crippen LogP contribution is 2.12. The lowest BCUT2D eigenvalue weighted by atomic mass is 10.2. The second-order valence-corrected chi connectivity index (χ2v) is 4.79. The Kier molecular flexibility index (Phi) is 4.49. The Morgan fingerprint density at radius 2 is 2.05 bits per heavy atom. The molecule has 1 aromatic heterocycles. The molecule has 0 aromatic carbocycles. The van der Waals surface area contributed by atoms with E-state index >= 15 is 0 Å². The van der Waals surface area contributed by atoms with Gasteiger partial charge in [0.25, 0.3) is 0 Å². The maximum absolute atomic E-state index is 11.9. The molecule has 7 nitrogen and oxygen atoms in total. The van der Waals surface area contributed by atoms with Gasteiger partial charge in [0.05, 0.1) is 12.2 Å². The molecule has 2 N–H and O–H groups in total. The number of carbonyl (C=O) groups excluding carboxylic acids is 1. The van der Waals surface area contributed by atoms with E-state index in [2.05, 4.69) is 10.1 Å². The summed E-state index contributed by atoms with van der Waals surface area (Å²) in [6.07, 6.45) is 0.654. The molecule has 106 valence electrons. The number of aliphatic hydroxyl groups is 2. The van der Waals surface area contributed by atoms with Crippen molar-refractivity contribution >= 4 is 5.91 Å². The molecule has 0 bridgehead atoms. The molecule has 7 heteroatoms. The molecule has 1 saturated heterocycles. The van der Waals surface area contributed by atoms with Crippen molar-refractivity contribution in [1.82, 2.24) is 15.0 Å². The lowest BCUT2D eigenvalue weighted by Crippen LogP contribution is -2.29. The SMILES string of the molecule is CCCc1noc(CCC(=O)N2CC(O)C(O)C2)n1. The van der Waals surface area contributed by atoms with Crippen LogP contribution in [0.5, 0.6) is 0 Å². The van der Waals surface area contributed by atoms with Gasteiger partial charge in [0.15, 0.2) is 5.82 Å². The Balaban J connectivity index is 1.80. The first-order valence-electron chi connectivity index (χ1n) is 6.55. The van der Waals surface area contributed by atoms with E-state index in [0.717, 1.165) is 12.8 Å². The number of carbonyl (C=O) groups is 1. The topological polar surface area (TPSA) is 99.7 Å². The fourth-order valence-electron chi connectivity index (χ4n) is 2.06. The van der Waals surface area contributed by atoms with Crippen molar-refractivity contribution in [2.75, 3.05) is 13.1 Å². The average Bonchev–Trinajstić information content (AvgIpc) is 2.95. The molecular formula is C12H19N3O4. The molecule has 1 aromatic rings. The molecule has 2 atom stereocenters. The largest absolute Gasteiger partial charge is 0.388 e. The van der Waals surface area contributed by atoms with Crippen LogP contribution in [0, 0.1) is 0 Å². The number of rotatable bonds is 5. The van der Waals surface area contributed by atoms with Crippen LogP contribution in [0.1, 0.15) is 31.5 Å². The van der Waals surface area contributed by atoms with Gasteiger partial charge in [-0.2, -0.15) is 4.98 Å². The molecule has 0 aliphatic carbocycles. The molecule has 2 unspecified atom stereocenters. The zero-order valence-electron chi connectivity index (χ0n) is 10.9. The van der Waals surface area contributed by atoms with E-state index in [9.17, 15) is 15.0 Å². The fraction of sp³-hybridized carbons (Fsp3) is 0.750. The highest BCUT2D eigenvalue weighted by molar-refractivity contribution is 5.76. The van der Waals surface area contributed by atoms with E-state index in [0.29, 0.717) is 18.1 Å². The number of aliphatic hydroxyl groups excluding tert-OH is 2. The third-order valence-electron chi connectivity index (χ3n) is 3.15. The van der Waals surface area contributed by atoms with Gasteiger partial charge in [-0.15, -0.1) is 0 Å². The first kappa shape index (κ1) is 14.0. The number of aryl methyl sites for hydroxylation is 2. The smallest absolute Gasteiger partial charge is 0.227 e. The second-order valence-electron chi connectivity index (χ2n) is 4.79. The normalized spacial score (nSPS) is 23.0. The number of likely N-dealkylation sites (tertiary alicyclic amines) is 1. The minimum atomic E-state index is -0.844. The Morgan fingerprint density at radius 1 is 1.37 bits per heavy atom. The van der Waals surface area contributed by atoms with Gasteiger partial charge in [-0.3, -0.25) is 4.79 Å². The van der Waals surface area contributed by atoms with Crippen molar-refractivity contribution in [3.8, 4) is 0 Å². The fourth-order valence-corrected chi connectivity index (χ4v) is 2.06. The highest BCUT2D eigenvalue weighted by Gasteiger charge is 2.32. The maximum atomic E-state index is 11.9. The zero-order chi connectivity index (χ0) is 13.8. The van der Waals surface area contributed by atoms with Gasteiger partial charge >= 0.3 is 0 Å². The van der Waals surface area contributed by atoms with Crippen LogP contribution in [0.2, 0.25) is 0 Å². The summed E-state index contributed by atoms with van der Waals surface area (Å²) >= 11 is 0. The van der Waals surface area contributed by atoms with Crippen molar-refractivity contribution in [3.05, 3.63) is 11.7 Å². The summed E-state index contributed by atoms with van der Waals surface area (Å²) in [6, 6.07) is 0. The predicted octanol–water partition coefficient (Wildman–Crippen LogP) is -0.481. The van der Waals surface area contributed by atoms with Gasteiger partial charge in [-0.25, -0.2) is 0 Å². The summed E-state index contributed by atoms with van der Waals surface area (Å²) in [4.78, 5) is 17.5. The third-order valence-corrected chi connectivity index (χ3v) is 3.15. The van der Waals surface area contributed by atoms with E-state index in [4.69, 9.17) is 4.52 Å². The Hall–Kier alpha value is -1.47. The molecule has 1 aliphatic rings. The second kappa shape index (κ2) is 6.12. The van der Waals surface area contributed by atoms with Gasteiger partial charge in [-0.1, -0.05) is 12.1 Å². The van der Waals surface area contributed by atoms with Crippen molar-refractivity contribution in [3.63, 3.8) is 0 Å². The molecule has 1 aliphatic heterocycles. The van der Waals surface area contributed by atoms with E-state index in [1.54, 1.807) is 0 Å². The summed E-state index contributed by atoms with van der Waals surface area (Å²) in [5, 5.41) is 22.6. The third kappa shape index (κ3) is 3.51. The van der Waals surface area contributed by atoms with Gasteiger partial charge in [-0.05, 0) is 6.42 Å². The molecule has 2 rings (SSSR count). The maximum Gasteiger partial charge on any atom is 0.227 e. The Labute approximate surface area is 111 Å². The number of hydrogen-bond acceptors (Lipinski definition) is 6. The van der Waals surface area contributed by atoms with Gasteiger partial charge in [0.2, 0.25) is 11.8 Å². The molecule has 19 heavy (non-hydrogen) atoms. The molecule has 0 radical (unpaired) electrons. The number of amides is 1. The van der Waals surface area contributed by atoms with Crippen molar-refractivity contribution in [2.45, 2.75) is 44.8 Å². The van der Waals surface area contributed by atoms with Gasteiger partial charge < -0.3 is 19.6 Å². The van der Waals surface area contributed by atoms with Crippen molar-refractivity contribution < 1.29 is 19.5 Å². The van der Waals surface area contributed by atoms with Crippen molar-refractivity contribution in [1.29, 1.82) is 0 Å². The standard InChI is InChI=1S/C12H19N3O4/c1-2-3-10-13-11(19-14-10)4-5-12(18)15-6-8(16)9(17)7-15/h8-9,16-17H,2-7H2,1H3. The van der Waals surface area contributed by atoms with Crippen LogP contribution < -0.4 is 0 Å². The number of hydrogen-bond donors (Lipinski definition) is 2. The number of nitrogens with zero attached hydrogens (tertiary/aromatic N) is 3. The lowest BCUT2D eigenvalue weighted by Gasteiger charge is -2.14. The van der Waals surface area contributed by atoms with E-state index in [1.165, 1.54) is 4.90 Å². The lowest BCUT2D eigenvalue weighted by molar-refractivity contribution is -0.130.